The second-order valence-electron chi connectivity index (χ2n) is 6.08. The highest BCUT2D eigenvalue weighted by Gasteiger charge is 2.13. The van der Waals surface area contributed by atoms with Crippen LogP contribution in [0.3, 0.4) is 0 Å². The molecule has 0 unspecified atom stereocenters. The van der Waals surface area contributed by atoms with Crippen LogP contribution in [-0.2, 0) is 14.8 Å². The number of hydrogen-bond acceptors (Lipinski definition) is 4. The lowest BCUT2D eigenvalue weighted by molar-refractivity contribution is -0.118. The van der Waals surface area contributed by atoms with Crippen LogP contribution < -0.4 is 14.8 Å². The highest BCUT2D eigenvalue weighted by atomic mass is 32.2. The molecule has 0 atom stereocenters. The van der Waals surface area contributed by atoms with Gasteiger partial charge >= 0.3 is 0 Å². The molecule has 140 valence electrons. The summed E-state index contributed by atoms with van der Waals surface area (Å²) >= 11 is 0. The maximum Gasteiger partial charge on any atom is 0.262 e. The Bertz CT molecular complexity index is 841. The fourth-order valence-corrected chi connectivity index (χ4v) is 3.56. The third kappa shape index (κ3) is 5.86. The fraction of sp³-hybridized carbons (Fsp3) is 0.316. The Kier molecular flexibility index (Phi) is 6.76. The molecule has 2 rings (SSSR count). The van der Waals surface area contributed by atoms with Gasteiger partial charge in [-0.2, -0.15) is 0 Å². The van der Waals surface area contributed by atoms with E-state index in [1.54, 1.807) is 0 Å². The first kappa shape index (κ1) is 19.9. The van der Waals surface area contributed by atoms with Crippen molar-refractivity contribution in [3.05, 3.63) is 53.6 Å². The number of anilines is 1. The molecule has 0 heterocycles. The Morgan fingerprint density at radius 2 is 1.65 bits per heavy atom. The SMILES string of the molecule is CCCNS(=O)(=O)c1ccc(OCC(=O)Nc2cc(C)cc(C)c2)cc1. The summed E-state index contributed by atoms with van der Waals surface area (Å²) in [6.45, 7) is 6.04. The van der Waals surface area contributed by atoms with E-state index in [1.165, 1.54) is 24.3 Å². The minimum Gasteiger partial charge on any atom is -0.484 e. The maximum atomic E-state index is 12.0. The van der Waals surface area contributed by atoms with Crippen LogP contribution in [0, 0.1) is 13.8 Å². The standard InChI is InChI=1S/C19H24N2O4S/c1-4-9-20-26(23,24)18-7-5-17(6-8-18)25-13-19(22)21-16-11-14(2)10-15(3)12-16/h5-8,10-12,20H,4,9,13H2,1-3H3,(H,21,22). The molecular formula is C19H24N2O4S. The first-order valence-electron chi connectivity index (χ1n) is 8.41. The molecule has 0 aliphatic heterocycles. The second kappa shape index (κ2) is 8.82. The molecule has 6 nitrogen and oxygen atoms in total. The van der Waals surface area contributed by atoms with Gasteiger partial charge in [-0.15, -0.1) is 0 Å². The van der Waals surface area contributed by atoms with Crippen LogP contribution in [0.5, 0.6) is 5.75 Å². The number of ether oxygens (including phenoxy) is 1. The Morgan fingerprint density at radius 1 is 1.04 bits per heavy atom. The van der Waals surface area contributed by atoms with Crippen molar-refractivity contribution in [2.24, 2.45) is 0 Å². The van der Waals surface area contributed by atoms with E-state index < -0.39 is 10.0 Å². The summed E-state index contributed by atoms with van der Waals surface area (Å²) in [5.74, 6) is 0.145. The van der Waals surface area contributed by atoms with Crippen molar-refractivity contribution in [2.75, 3.05) is 18.5 Å². The normalized spacial score (nSPS) is 11.2. The Morgan fingerprint density at radius 3 is 2.23 bits per heavy atom. The van der Waals surface area contributed by atoms with Gasteiger partial charge in [0.2, 0.25) is 10.0 Å². The summed E-state index contributed by atoms with van der Waals surface area (Å²) in [5.41, 5.74) is 2.85. The van der Waals surface area contributed by atoms with Gasteiger partial charge in [0.1, 0.15) is 5.75 Å². The lowest BCUT2D eigenvalue weighted by Crippen LogP contribution is -2.24. The van der Waals surface area contributed by atoms with Crippen molar-refractivity contribution in [1.29, 1.82) is 0 Å². The van der Waals surface area contributed by atoms with Gasteiger partial charge in [-0.3, -0.25) is 4.79 Å². The highest BCUT2D eigenvalue weighted by Crippen LogP contribution is 2.17. The van der Waals surface area contributed by atoms with Crippen LogP contribution in [0.1, 0.15) is 24.5 Å². The predicted octanol–water partition coefficient (Wildman–Crippen LogP) is 3.01. The Hall–Kier alpha value is -2.38. The van der Waals surface area contributed by atoms with Gasteiger partial charge in [-0.05, 0) is 67.8 Å². The van der Waals surface area contributed by atoms with Gasteiger partial charge in [0.05, 0.1) is 4.90 Å². The van der Waals surface area contributed by atoms with Gasteiger partial charge in [0.15, 0.2) is 6.61 Å². The van der Waals surface area contributed by atoms with Crippen molar-refractivity contribution in [3.8, 4) is 5.75 Å². The lowest BCUT2D eigenvalue weighted by Gasteiger charge is -2.10. The number of benzene rings is 2. The van der Waals surface area contributed by atoms with Gasteiger partial charge in [0.25, 0.3) is 5.91 Å². The van der Waals surface area contributed by atoms with E-state index in [0.29, 0.717) is 12.3 Å². The van der Waals surface area contributed by atoms with Gasteiger partial charge < -0.3 is 10.1 Å². The monoisotopic (exact) mass is 376 g/mol. The van der Waals surface area contributed by atoms with Gasteiger partial charge in [-0.25, -0.2) is 13.1 Å². The Labute approximate surface area is 154 Å². The molecule has 0 spiro atoms. The van der Waals surface area contributed by atoms with E-state index >= 15 is 0 Å². The molecule has 26 heavy (non-hydrogen) atoms. The van der Waals surface area contributed by atoms with E-state index in [0.717, 1.165) is 23.2 Å². The average Bonchev–Trinajstić information content (AvgIpc) is 2.57. The molecule has 0 aliphatic carbocycles. The van der Waals surface area contributed by atoms with Crippen LogP contribution in [0.2, 0.25) is 0 Å². The van der Waals surface area contributed by atoms with E-state index in [2.05, 4.69) is 10.0 Å². The lowest BCUT2D eigenvalue weighted by atomic mass is 10.1. The van der Waals surface area contributed by atoms with Gasteiger partial charge in [0, 0.05) is 12.2 Å². The molecule has 1 amide bonds. The largest absolute Gasteiger partial charge is 0.484 e. The molecule has 0 aliphatic rings. The quantitative estimate of drug-likeness (QED) is 0.742. The first-order valence-corrected chi connectivity index (χ1v) is 9.89. The van der Waals surface area contributed by atoms with E-state index in [4.69, 9.17) is 4.74 Å². The molecule has 2 aromatic carbocycles. The number of sulfonamides is 1. The molecule has 0 saturated carbocycles. The van der Waals surface area contributed by atoms with Gasteiger partial charge in [-0.1, -0.05) is 13.0 Å². The zero-order chi connectivity index (χ0) is 19.2. The summed E-state index contributed by atoms with van der Waals surface area (Å²) in [6, 6.07) is 11.8. The van der Waals surface area contributed by atoms with Crippen molar-refractivity contribution in [2.45, 2.75) is 32.1 Å². The molecule has 0 radical (unpaired) electrons. The third-order valence-electron chi connectivity index (χ3n) is 3.55. The van der Waals surface area contributed by atoms with Crippen LogP contribution in [0.4, 0.5) is 5.69 Å². The fourth-order valence-electron chi connectivity index (χ4n) is 2.43. The van der Waals surface area contributed by atoms with E-state index in [1.807, 2.05) is 39.0 Å². The summed E-state index contributed by atoms with van der Waals surface area (Å²) in [7, 11) is -3.50. The highest BCUT2D eigenvalue weighted by molar-refractivity contribution is 7.89. The minimum absolute atomic E-state index is 0.160. The summed E-state index contributed by atoms with van der Waals surface area (Å²) < 4.78 is 31.9. The molecule has 7 heteroatoms. The summed E-state index contributed by atoms with van der Waals surface area (Å²) in [5, 5.41) is 2.78. The van der Waals surface area contributed by atoms with Crippen LogP contribution in [0.15, 0.2) is 47.4 Å². The molecular weight excluding hydrogens is 352 g/mol. The summed E-state index contributed by atoms with van der Waals surface area (Å²) in [4.78, 5) is 12.2. The third-order valence-corrected chi connectivity index (χ3v) is 5.03. The number of rotatable bonds is 8. The predicted molar refractivity (Wildman–Crippen MR) is 102 cm³/mol. The number of carbonyl (C=O) groups is 1. The van der Waals surface area contributed by atoms with Crippen molar-refractivity contribution < 1.29 is 17.9 Å². The van der Waals surface area contributed by atoms with Crippen LogP contribution in [0.25, 0.3) is 0 Å². The molecule has 2 N–H and O–H groups in total. The second-order valence-corrected chi connectivity index (χ2v) is 7.85. The zero-order valence-corrected chi connectivity index (χ0v) is 16.0. The molecule has 0 fully saturated rings. The smallest absolute Gasteiger partial charge is 0.262 e. The average molecular weight is 376 g/mol. The number of hydrogen-bond donors (Lipinski definition) is 2. The van der Waals surface area contributed by atoms with Crippen molar-refractivity contribution in [1.82, 2.24) is 4.72 Å². The summed E-state index contributed by atoms with van der Waals surface area (Å²) in [6.07, 6.45) is 0.718. The maximum absolute atomic E-state index is 12.0. The number of carbonyl (C=O) groups excluding carboxylic acids is 1. The van der Waals surface area contributed by atoms with E-state index in [9.17, 15) is 13.2 Å². The number of amides is 1. The van der Waals surface area contributed by atoms with Crippen LogP contribution >= 0.6 is 0 Å². The van der Waals surface area contributed by atoms with Crippen molar-refractivity contribution in [3.63, 3.8) is 0 Å². The van der Waals surface area contributed by atoms with E-state index in [-0.39, 0.29) is 17.4 Å². The number of aryl methyl sites for hydroxylation is 2. The zero-order valence-electron chi connectivity index (χ0n) is 15.2. The molecule has 0 bridgehead atoms. The molecule has 0 saturated heterocycles. The molecule has 2 aromatic rings. The van der Waals surface area contributed by atoms with Crippen LogP contribution in [-0.4, -0.2) is 27.5 Å². The van der Waals surface area contributed by atoms with Crippen molar-refractivity contribution >= 4 is 21.6 Å². The topological polar surface area (TPSA) is 84.5 Å². The first-order chi connectivity index (χ1) is 12.3. The molecule has 0 aromatic heterocycles. The number of nitrogens with one attached hydrogen (secondary N) is 2. The Balaban J connectivity index is 1.92. The minimum atomic E-state index is -3.50.